The predicted octanol–water partition coefficient (Wildman–Crippen LogP) is 8.46. The van der Waals surface area contributed by atoms with Gasteiger partial charge in [-0.15, -0.1) is 0 Å². The van der Waals surface area contributed by atoms with Crippen LogP contribution in [-0.4, -0.2) is 37.6 Å². The van der Waals surface area contributed by atoms with Gasteiger partial charge in [-0.3, -0.25) is 0 Å². The molecule has 6 heteroatoms. The molecule has 0 spiro atoms. The van der Waals surface area contributed by atoms with Crippen LogP contribution in [0, 0.1) is 0 Å². The monoisotopic (exact) mass is 540 g/mol. The van der Waals surface area contributed by atoms with E-state index in [1.54, 1.807) is 18.2 Å². The molecule has 0 saturated carbocycles. The molecule has 0 aliphatic carbocycles. The van der Waals surface area contributed by atoms with Crippen molar-refractivity contribution in [1.29, 1.82) is 0 Å². The maximum Gasteiger partial charge on any atom is 0.418 e. The molecule has 39 heavy (non-hydrogen) atoms. The summed E-state index contributed by atoms with van der Waals surface area (Å²) in [5, 5.41) is 0.886. The van der Waals surface area contributed by atoms with Gasteiger partial charge in [0.25, 0.3) is 0 Å². The summed E-state index contributed by atoms with van der Waals surface area (Å²) >= 11 is 0. The maximum absolute atomic E-state index is 14.5. The van der Waals surface area contributed by atoms with Crippen LogP contribution in [0.5, 0.6) is 0 Å². The lowest BCUT2D eigenvalue weighted by Crippen LogP contribution is -2.35. The van der Waals surface area contributed by atoms with Crippen molar-refractivity contribution in [2.24, 2.45) is 0 Å². The van der Waals surface area contributed by atoms with Gasteiger partial charge in [-0.05, 0) is 53.9 Å². The molecule has 0 amide bonds. The van der Waals surface area contributed by atoms with Crippen molar-refractivity contribution in [3.8, 4) is 0 Å². The number of fused-ring (bicyclic) bond motifs is 1. The molecule has 0 aliphatic rings. The van der Waals surface area contributed by atoms with Crippen LogP contribution in [0.25, 0.3) is 22.9 Å². The lowest BCUT2D eigenvalue weighted by Gasteiger charge is -2.29. The highest BCUT2D eigenvalue weighted by atomic mass is 19.4. The average molecular weight is 541 g/mol. The molecule has 212 valence electrons. The van der Waals surface area contributed by atoms with E-state index in [0.29, 0.717) is 24.2 Å². The third kappa shape index (κ3) is 8.56. The number of halogens is 3. The first-order valence-electron chi connectivity index (χ1n) is 14.6. The fraction of sp³-hybridized carbons (Fsp3) is 0.485. The fourth-order valence-corrected chi connectivity index (χ4v) is 5.06. The SMILES string of the molecule is CCCCN(CCCC)c1ccc2c(/C=C/c3cc[n+](CCCN(CC)CC)cc3)cccc2c1C(F)(F)F. The summed E-state index contributed by atoms with van der Waals surface area (Å²) in [6.45, 7) is 14.0. The highest BCUT2D eigenvalue weighted by Crippen LogP contribution is 2.42. The Labute approximate surface area is 232 Å². The molecule has 1 aromatic heterocycles. The summed E-state index contributed by atoms with van der Waals surface area (Å²) in [5.74, 6) is 0. The molecule has 3 rings (SSSR count). The number of unbranched alkanes of at least 4 members (excludes halogenated alkanes) is 2. The number of nitrogens with zero attached hydrogens (tertiary/aromatic N) is 3. The molecule has 0 aliphatic heterocycles. The summed E-state index contributed by atoms with van der Waals surface area (Å²) in [6, 6.07) is 12.9. The quantitative estimate of drug-likeness (QED) is 0.179. The van der Waals surface area contributed by atoms with Crippen LogP contribution < -0.4 is 9.47 Å². The minimum Gasteiger partial charge on any atom is -0.371 e. The summed E-state index contributed by atoms with van der Waals surface area (Å²) < 4.78 is 45.8. The van der Waals surface area contributed by atoms with Crippen LogP contribution in [0.1, 0.15) is 76.5 Å². The second-order valence-corrected chi connectivity index (χ2v) is 10.2. The van der Waals surface area contributed by atoms with Gasteiger partial charge in [0.15, 0.2) is 12.4 Å². The molecular formula is C33H45F3N3+. The number of aromatic nitrogens is 1. The summed E-state index contributed by atoms with van der Waals surface area (Å²) in [4.78, 5) is 4.35. The van der Waals surface area contributed by atoms with Crippen molar-refractivity contribution in [3.05, 3.63) is 71.5 Å². The van der Waals surface area contributed by atoms with Gasteiger partial charge in [0.2, 0.25) is 0 Å². The Morgan fingerprint density at radius 2 is 1.41 bits per heavy atom. The fourth-order valence-electron chi connectivity index (χ4n) is 5.06. The molecule has 0 saturated heterocycles. The van der Waals surface area contributed by atoms with Crippen molar-refractivity contribution < 1.29 is 17.7 Å². The first-order chi connectivity index (χ1) is 18.8. The first kappa shape index (κ1) is 30.7. The Hall–Kier alpha value is -2.86. The average Bonchev–Trinajstić information content (AvgIpc) is 2.93. The molecule has 0 fully saturated rings. The number of hydrogen-bond donors (Lipinski definition) is 0. The summed E-state index contributed by atoms with van der Waals surface area (Å²) in [6.07, 6.45) is 8.33. The number of anilines is 1. The zero-order valence-electron chi connectivity index (χ0n) is 24.1. The number of pyridine rings is 1. The second-order valence-electron chi connectivity index (χ2n) is 10.2. The van der Waals surface area contributed by atoms with Crippen LogP contribution >= 0.6 is 0 Å². The highest BCUT2D eigenvalue weighted by Gasteiger charge is 2.37. The Morgan fingerprint density at radius 1 is 0.744 bits per heavy atom. The van der Waals surface area contributed by atoms with E-state index in [2.05, 4.69) is 61.7 Å². The van der Waals surface area contributed by atoms with Gasteiger partial charge in [-0.25, -0.2) is 4.57 Å². The van der Waals surface area contributed by atoms with Crippen molar-refractivity contribution >= 4 is 28.6 Å². The molecule has 2 aromatic carbocycles. The molecular weight excluding hydrogens is 495 g/mol. The van der Waals surface area contributed by atoms with E-state index in [9.17, 15) is 13.2 Å². The third-order valence-corrected chi connectivity index (χ3v) is 7.42. The maximum atomic E-state index is 14.5. The summed E-state index contributed by atoms with van der Waals surface area (Å²) in [5.41, 5.74) is 1.58. The molecule has 3 aromatic rings. The standard InChI is InChI=1S/C33H45F3N3/c1-5-9-23-39(24-10-6-2)31-18-17-29-28(13-11-14-30(29)32(31)33(34,35)36)16-15-27-19-25-38(26-20-27)22-12-21-37(7-3)8-4/h11,13-20,25-26H,5-10,12,21-24H2,1-4H3/q+1/b16-15+. The van der Waals surface area contributed by atoms with Crippen molar-refractivity contribution in [2.75, 3.05) is 37.6 Å². The highest BCUT2D eigenvalue weighted by molar-refractivity contribution is 5.97. The van der Waals surface area contributed by atoms with E-state index in [4.69, 9.17) is 0 Å². The Morgan fingerprint density at radius 3 is 2.00 bits per heavy atom. The van der Waals surface area contributed by atoms with Gasteiger partial charge >= 0.3 is 6.18 Å². The van der Waals surface area contributed by atoms with Gasteiger partial charge in [0.1, 0.15) is 6.54 Å². The van der Waals surface area contributed by atoms with Crippen molar-refractivity contribution in [2.45, 2.75) is 72.5 Å². The minimum absolute atomic E-state index is 0.263. The Balaban J connectivity index is 1.87. The second kappa shape index (κ2) is 15.1. The molecule has 0 radical (unpaired) electrons. The normalized spacial score (nSPS) is 12.2. The number of benzene rings is 2. The number of alkyl halides is 3. The molecule has 0 bridgehead atoms. The van der Waals surface area contributed by atoms with Gasteiger partial charge < -0.3 is 9.80 Å². The van der Waals surface area contributed by atoms with E-state index in [0.717, 1.165) is 69.4 Å². The Bertz CT molecular complexity index is 1170. The summed E-state index contributed by atoms with van der Waals surface area (Å²) in [7, 11) is 0. The predicted molar refractivity (Wildman–Crippen MR) is 159 cm³/mol. The lowest BCUT2D eigenvalue weighted by atomic mass is 9.96. The first-order valence-corrected chi connectivity index (χ1v) is 14.6. The van der Waals surface area contributed by atoms with Crippen molar-refractivity contribution in [1.82, 2.24) is 4.90 Å². The van der Waals surface area contributed by atoms with Crippen LogP contribution in [0.15, 0.2) is 54.9 Å². The van der Waals surface area contributed by atoms with E-state index in [1.807, 2.05) is 29.2 Å². The molecule has 0 N–H and O–H groups in total. The van der Waals surface area contributed by atoms with Gasteiger partial charge in [-0.2, -0.15) is 13.2 Å². The van der Waals surface area contributed by atoms with E-state index < -0.39 is 11.7 Å². The Kier molecular flexibility index (Phi) is 11.9. The molecule has 0 unspecified atom stereocenters. The van der Waals surface area contributed by atoms with Gasteiger partial charge in [0, 0.05) is 43.9 Å². The van der Waals surface area contributed by atoms with E-state index in [-0.39, 0.29) is 5.39 Å². The van der Waals surface area contributed by atoms with Crippen LogP contribution in [-0.2, 0) is 12.7 Å². The number of hydrogen-bond acceptors (Lipinski definition) is 2. The molecule has 1 heterocycles. The minimum atomic E-state index is -4.44. The van der Waals surface area contributed by atoms with Gasteiger partial charge in [-0.1, -0.05) is 77.0 Å². The zero-order valence-corrected chi connectivity index (χ0v) is 24.1. The smallest absolute Gasteiger partial charge is 0.371 e. The van der Waals surface area contributed by atoms with Crippen LogP contribution in [0.4, 0.5) is 18.9 Å². The number of rotatable bonds is 15. The van der Waals surface area contributed by atoms with Gasteiger partial charge in [0.05, 0.1) is 5.56 Å². The van der Waals surface area contributed by atoms with Crippen LogP contribution in [0.3, 0.4) is 0 Å². The largest absolute Gasteiger partial charge is 0.418 e. The van der Waals surface area contributed by atoms with Crippen LogP contribution in [0.2, 0.25) is 0 Å². The molecule has 3 nitrogen and oxygen atoms in total. The third-order valence-electron chi connectivity index (χ3n) is 7.42. The number of aryl methyl sites for hydroxylation is 1. The zero-order chi connectivity index (χ0) is 28.3. The van der Waals surface area contributed by atoms with E-state index >= 15 is 0 Å². The topological polar surface area (TPSA) is 10.4 Å². The van der Waals surface area contributed by atoms with Crippen molar-refractivity contribution in [3.63, 3.8) is 0 Å². The van der Waals surface area contributed by atoms with E-state index in [1.165, 1.54) is 0 Å². The molecule has 0 atom stereocenters. The lowest BCUT2D eigenvalue weighted by molar-refractivity contribution is -0.697.